The average molecular weight is 1700 g/mol. The molecular formula is C106H80BN2O4P2W+. The van der Waals surface area contributed by atoms with Gasteiger partial charge in [-0.1, -0.05) is 350 Å². The van der Waals surface area contributed by atoms with E-state index < -0.39 is 44.1 Å². The summed E-state index contributed by atoms with van der Waals surface area (Å²) in [4.78, 5) is 10.8. The Morgan fingerprint density at radius 2 is 0.621 bits per heavy atom. The maximum absolute atomic E-state index is 15.5. The molecule has 10 heteroatoms. The van der Waals surface area contributed by atoms with Gasteiger partial charge < -0.3 is 13.9 Å². The van der Waals surface area contributed by atoms with Crippen molar-refractivity contribution >= 4 is 97.4 Å². The monoisotopic (exact) mass is 1700 g/mol. The van der Waals surface area contributed by atoms with Crippen molar-refractivity contribution in [2.24, 2.45) is 0 Å². The Labute approximate surface area is 693 Å². The summed E-state index contributed by atoms with van der Waals surface area (Å²) in [6.45, 7) is 8.39. The molecular weight excluding hydrogens is 1620 g/mol. The minimum atomic E-state index is -3.21. The van der Waals surface area contributed by atoms with Crippen LogP contribution in [0.25, 0.3) is 88.1 Å². The number of nitrogens with zero attached hydrogens (tertiary/aromatic N) is 2. The van der Waals surface area contributed by atoms with Gasteiger partial charge in [0.25, 0.3) is 0 Å². The van der Waals surface area contributed by atoms with Crippen LogP contribution in [0.15, 0.2) is 413 Å². The van der Waals surface area contributed by atoms with Crippen molar-refractivity contribution < 1.29 is 39.5 Å². The quantitative estimate of drug-likeness (QED) is 0.0689. The molecule has 2 aromatic heterocycles. The number of benzene rings is 16. The van der Waals surface area contributed by atoms with E-state index in [1.807, 2.05) is 133 Å². The zero-order valence-electron chi connectivity index (χ0n) is 64.7. The van der Waals surface area contributed by atoms with E-state index in [4.69, 9.17) is 19.3 Å². The number of fused-ring (bicyclic) bond motifs is 12. The molecule has 1 fully saturated rings. The first-order valence-corrected chi connectivity index (χ1v) is 42.3. The minimum absolute atomic E-state index is 0. The molecule has 16 aromatic carbocycles. The molecule has 2 aliphatic carbocycles. The Hall–Kier alpha value is -12.1. The molecule has 0 spiro atoms. The number of hydrogen-bond acceptors (Lipinski definition) is 6. The molecule has 116 heavy (non-hydrogen) atoms. The topological polar surface area (TPSA) is 78.4 Å². The fourth-order valence-electron chi connectivity index (χ4n) is 17.9. The molecule has 0 amide bonds. The maximum atomic E-state index is 15.5. The Morgan fingerprint density at radius 1 is 0.293 bits per heavy atom. The molecule has 0 unspecified atom stereocenters. The largest absolute Gasteiger partial charge is 0.494 e. The number of rotatable bonds is 12. The van der Waals surface area contributed by atoms with Crippen molar-refractivity contribution in [1.29, 1.82) is 0 Å². The van der Waals surface area contributed by atoms with Crippen molar-refractivity contribution in [2.75, 3.05) is 0 Å². The standard InChI is InChI=1S/C50H34NOP.C44H36BNO2.C12H10OP.W/c52-53(38-23-9-3-10-24-38,39-25-11-4-12-26-39)40-27-17-18-35(32-40)49-45-34-47-44(33-43(45)42-29-14-16-31-48(42)51-49)41-28-13-15-30-46(41)50(47,36-19-5-1-6-20-36)37-21-7-2-8-22-37;1-42(2)43(3,4)48-45(47-42)32-21-15-16-29(26-32)41-37-28-39-36(27-35(37)34-23-12-14-25-40(34)46-41)33-22-11-13-24-38(33)44(39,30-17-7-5-8-18-30)31-19-9-6-10-20-31;13-14(11-7-3-1-4-8-11)12-9-5-2-6-10-12;/h1-34H;5-28H,1-4H3;1-10H;/q;;+1;. The van der Waals surface area contributed by atoms with Crippen LogP contribution in [0.4, 0.5) is 0 Å². The Morgan fingerprint density at radius 3 is 1.03 bits per heavy atom. The first-order valence-electron chi connectivity index (χ1n) is 39.3. The molecule has 0 N–H and O–H groups in total. The Bertz CT molecular complexity index is 6600. The third kappa shape index (κ3) is 12.8. The van der Waals surface area contributed by atoms with E-state index in [1.165, 1.54) is 72.1 Å². The van der Waals surface area contributed by atoms with Crippen molar-refractivity contribution in [2.45, 2.75) is 49.7 Å². The fraction of sp³-hybridized carbons (Fsp3) is 0.0755. The summed E-state index contributed by atoms with van der Waals surface area (Å²) in [5.41, 5.74) is 19.9. The van der Waals surface area contributed by atoms with Crippen molar-refractivity contribution in [3.05, 3.63) is 457 Å². The van der Waals surface area contributed by atoms with E-state index in [0.717, 1.165) is 92.5 Å². The van der Waals surface area contributed by atoms with E-state index in [9.17, 15) is 4.57 Å². The fourth-order valence-corrected chi connectivity index (χ4v) is 21.8. The van der Waals surface area contributed by atoms with Gasteiger partial charge in [-0.25, -0.2) is 9.97 Å². The third-order valence-corrected chi connectivity index (χ3v) is 28.5. The SMILES string of the molecule is CC1(C)OB(c2cccc(-c3nc4ccccc4c4cc5c(cc34)C(c3ccccc3)(c3ccccc3)c3ccccc3-5)c2)OC1(C)C.O=P(c1ccccc1)(c1ccccc1)c1cccc(-c2nc3ccccc3c3cc4c(cc23)C(c2ccccc2)(c2ccccc2)c2ccccc2-4)c1.O=[P+](c1ccccc1)c1ccccc1.[W]. The first kappa shape index (κ1) is 75.2. The van der Waals surface area contributed by atoms with Crippen LogP contribution in [0.1, 0.15) is 72.2 Å². The van der Waals surface area contributed by atoms with Gasteiger partial charge in [0.1, 0.15) is 0 Å². The van der Waals surface area contributed by atoms with Crippen molar-refractivity contribution in [3.8, 4) is 44.8 Å². The van der Waals surface area contributed by atoms with E-state index >= 15 is 4.57 Å². The molecule has 0 saturated carbocycles. The summed E-state index contributed by atoms with van der Waals surface area (Å²) in [6.07, 6.45) is 0. The van der Waals surface area contributed by atoms with E-state index in [1.54, 1.807) is 0 Å². The summed E-state index contributed by atoms with van der Waals surface area (Å²) < 4.78 is 40.5. The van der Waals surface area contributed by atoms with Crippen LogP contribution >= 0.6 is 14.9 Å². The molecule has 18 aromatic rings. The molecule has 1 aliphatic heterocycles. The molecule has 6 nitrogen and oxygen atoms in total. The van der Waals surface area contributed by atoms with Crippen LogP contribution in [-0.2, 0) is 50.3 Å². The van der Waals surface area contributed by atoms with Gasteiger partial charge in [0.2, 0.25) is 0 Å². The summed E-state index contributed by atoms with van der Waals surface area (Å²) >= 11 is 0. The summed E-state index contributed by atoms with van der Waals surface area (Å²) in [5.74, 6) is 0. The second-order valence-electron chi connectivity index (χ2n) is 30.9. The predicted octanol–water partition coefficient (Wildman–Crippen LogP) is 23.2. The van der Waals surface area contributed by atoms with Gasteiger partial charge in [-0.3, -0.25) is 0 Å². The molecule has 1 saturated heterocycles. The smallest absolute Gasteiger partial charge is 0.399 e. The maximum Gasteiger partial charge on any atom is 0.494 e. The molecule has 21 rings (SSSR count). The van der Waals surface area contributed by atoms with Gasteiger partial charge in [0, 0.05) is 69.7 Å². The third-order valence-electron chi connectivity index (χ3n) is 23.9. The summed E-state index contributed by atoms with van der Waals surface area (Å²) in [5, 5.41) is 11.0. The summed E-state index contributed by atoms with van der Waals surface area (Å²) in [6, 6.07) is 144. The minimum Gasteiger partial charge on any atom is -0.399 e. The van der Waals surface area contributed by atoms with E-state index in [2.05, 4.69) is 307 Å². The normalized spacial score (nSPS) is 14.2. The Kier molecular flexibility index (Phi) is 20.0. The number of hydrogen-bond donors (Lipinski definition) is 0. The van der Waals surface area contributed by atoms with Crippen LogP contribution in [-0.4, -0.2) is 28.3 Å². The van der Waals surface area contributed by atoms with Gasteiger partial charge in [0.05, 0.1) is 44.5 Å². The van der Waals surface area contributed by atoms with Gasteiger partial charge >= 0.3 is 14.9 Å². The molecule has 556 valence electrons. The molecule has 0 bridgehead atoms. The zero-order valence-corrected chi connectivity index (χ0v) is 69.4. The molecule has 3 heterocycles. The van der Waals surface area contributed by atoms with Crippen LogP contribution in [0, 0.1) is 0 Å². The van der Waals surface area contributed by atoms with Crippen LogP contribution in [0.3, 0.4) is 0 Å². The number of aromatic nitrogens is 2. The van der Waals surface area contributed by atoms with Crippen LogP contribution in [0.5, 0.6) is 0 Å². The molecule has 0 radical (unpaired) electrons. The Balaban J connectivity index is 0.000000137. The van der Waals surface area contributed by atoms with Gasteiger partial charge in [-0.15, -0.1) is 0 Å². The van der Waals surface area contributed by atoms with Crippen LogP contribution < -0.4 is 32.0 Å². The predicted molar refractivity (Wildman–Crippen MR) is 479 cm³/mol. The summed E-state index contributed by atoms with van der Waals surface area (Å²) in [7, 11) is -5.09. The van der Waals surface area contributed by atoms with Gasteiger partial charge in [-0.2, -0.15) is 0 Å². The van der Waals surface area contributed by atoms with E-state index in [-0.39, 0.29) is 21.1 Å². The second kappa shape index (κ2) is 30.9. The van der Waals surface area contributed by atoms with Crippen molar-refractivity contribution in [1.82, 2.24) is 9.97 Å². The first-order chi connectivity index (χ1) is 56.3. The van der Waals surface area contributed by atoms with Crippen molar-refractivity contribution in [3.63, 3.8) is 0 Å². The molecule has 0 atom stereocenters. The number of pyridine rings is 2. The average Bonchev–Trinajstić information content (AvgIpc) is 1.53. The molecule has 3 aliphatic rings. The van der Waals surface area contributed by atoms with Gasteiger partial charge in [-0.05, 0) is 177 Å². The van der Waals surface area contributed by atoms with Crippen LogP contribution in [0.2, 0.25) is 0 Å². The number of para-hydroxylation sites is 2. The van der Waals surface area contributed by atoms with Gasteiger partial charge in [0.15, 0.2) is 17.8 Å². The van der Waals surface area contributed by atoms with E-state index in [0.29, 0.717) is 0 Å². The second-order valence-corrected chi connectivity index (χ2v) is 35.3. The zero-order chi connectivity index (χ0) is 77.9.